The van der Waals surface area contributed by atoms with Crippen LogP contribution in [0.2, 0.25) is 0 Å². The molecular formula is C26H30N2O2. The van der Waals surface area contributed by atoms with Crippen molar-refractivity contribution < 1.29 is 9.53 Å². The third kappa shape index (κ3) is 2.97. The average Bonchev–Trinajstić information content (AvgIpc) is 3.39. The van der Waals surface area contributed by atoms with Gasteiger partial charge in [-0.05, 0) is 49.9 Å². The van der Waals surface area contributed by atoms with Gasteiger partial charge >= 0.3 is 0 Å². The fraction of sp³-hybridized carbons (Fsp3) is 0.423. The van der Waals surface area contributed by atoms with Crippen LogP contribution in [0.4, 0.5) is 0 Å². The molecule has 3 heterocycles. The number of carbonyl (C=O) groups is 1. The molecule has 3 atom stereocenters. The second kappa shape index (κ2) is 7.59. The lowest BCUT2D eigenvalue weighted by Gasteiger charge is -2.32. The lowest BCUT2D eigenvalue weighted by atomic mass is 9.85. The molecule has 3 saturated heterocycles. The number of amides is 1. The van der Waals surface area contributed by atoms with Gasteiger partial charge in [-0.3, -0.25) is 9.69 Å². The normalized spacial score (nSPS) is 28.3. The molecule has 5 rings (SSSR count). The molecule has 4 nitrogen and oxygen atoms in total. The van der Waals surface area contributed by atoms with E-state index < -0.39 is 0 Å². The minimum atomic E-state index is -0.279. The van der Waals surface area contributed by atoms with Gasteiger partial charge in [0.2, 0.25) is 5.91 Å². The summed E-state index contributed by atoms with van der Waals surface area (Å²) < 4.78 is 5.49. The van der Waals surface area contributed by atoms with Gasteiger partial charge < -0.3 is 9.64 Å². The summed E-state index contributed by atoms with van der Waals surface area (Å²) >= 11 is 0. The summed E-state index contributed by atoms with van der Waals surface area (Å²) in [6.07, 6.45) is 7.63. The van der Waals surface area contributed by atoms with Gasteiger partial charge in [0.1, 0.15) is 11.3 Å². The third-order valence-corrected chi connectivity index (χ3v) is 7.43. The van der Waals surface area contributed by atoms with E-state index in [1.807, 2.05) is 18.2 Å². The van der Waals surface area contributed by atoms with E-state index in [1.165, 1.54) is 11.1 Å². The van der Waals surface area contributed by atoms with Gasteiger partial charge in [-0.15, -0.1) is 0 Å². The molecule has 0 bridgehead atoms. The van der Waals surface area contributed by atoms with Crippen LogP contribution < -0.4 is 4.74 Å². The summed E-state index contributed by atoms with van der Waals surface area (Å²) in [6.45, 7) is 4.76. The van der Waals surface area contributed by atoms with Crippen molar-refractivity contribution in [2.45, 2.75) is 44.3 Å². The first-order valence-electron chi connectivity index (χ1n) is 11.1. The summed E-state index contributed by atoms with van der Waals surface area (Å²) in [7, 11) is 1.71. The van der Waals surface area contributed by atoms with E-state index >= 15 is 0 Å². The molecule has 4 heteroatoms. The van der Waals surface area contributed by atoms with E-state index in [9.17, 15) is 4.79 Å². The van der Waals surface area contributed by atoms with Gasteiger partial charge in [0.25, 0.3) is 0 Å². The van der Waals surface area contributed by atoms with Crippen molar-refractivity contribution >= 4 is 12.0 Å². The number of rotatable bonds is 5. The van der Waals surface area contributed by atoms with Crippen molar-refractivity contribution in [3.8, 4) is 5.75 Å². The number of carbonyl (C=O) groups excluding carboxylic acids is 1. The second-order valence-corrected chi connectivity index (χ2v) is 8.93. The summed E-state index contributed by atoms with van der Waals surface area (Å²) in [4.78, 5) is 18.3. The molecule has 3 fully saturated rings. The van der Waals surface area contributed by atoms with Crippen LogP contribution >= 0.6 is 0 Å². The molecule has 2 aromatic carbocycles. The van der Waals surface area contributed by atoms with Crippen LogP contribution in [-0.4, -0.2) is 47.5 Å². The van der Waals surface area contributed by atoms with Crippen LogP contribution in [-0.2, 0) is 11.3 Å². The molecule has 2 aromatic rings. The lowest BCUT2D eigenvalue weighted by Crippen LogP contribution is -2.50. The average molecular weight is 403 g/mol. The molecule has 0 radical (unpaired) electrons. The molecule has 0 aliphatic carbocycles. The molecule has 0 unspecified atom stereocenters. The first-order valence-corrected chi connectivity index (χ1v) is 11.1. The topological polar surface area (TPSA) is 32.8 Å². The quantitative estimate of drug-likeness (QED) is 0.748. The Morgan fingerprint density at radius 1 is 1.17 bits per heavy atom. The maximum absolute atomic E-state index is 13.7. The van der Waals surface area contributed by atoms with Gasteiger partial charge in [-0.25, -0.2) is 0 Å². The number of likely N-dealkylation sites (tertiary alicyclic amines) is 1. The number of aryl methyl sites for hydroxylation is 1. The zero-order valence-corrected chi connectivity index (χ0v) is 17.9. The van der Waals surface area contributed by atoms with Crippen molar-refractivity contribution in [3.05, 3.63) is 71.3 Å². The minimum Gasteiger partial charge on any atom is -0.496 e. The molecule has 1 spiro atoms. The highest BCUT2D eigenvalue weighted by atomic mass is 16.5. The molecule has 3 aliphatic heterocycles. The molecule has 1 amide bonds. The number of hydrogen-bond donors (Lipinski definition) is 0. The Bertz CT molecular complexity index is 985. The Morgan fingerprint density at radius 2 is 1.97 bits per heavy atom. The summed E-state index contributed by atoms with van der Waals surface area (Å²) in [5.74, 6) is 1.66. The Balaban J connectivity index is 1.37. The number of benzene rings is 2. The highest BCUT2D eigenvalue weighted by molar-refractivity contribution is 5.90. The maximum atomic E-state index is 13.7. The van der Waals surface area contributed by atoms with Crippen LogP contribution in [0.15, 0.2) is 54.6 Å². The van der Waals surface area contributed by atoms with Gasteiger partial charge in [0.05, 0.1) is 7.11 Å². The predicted octanol–water partition coefficient (Wildman–Crippen LogP) is 4.28. The Morgan fingerprint density at radius 3 is 2.80 bits per heavy atom. The van der Waals surface area contributed by atoms with Gasteiger partial charge in [-0.1, -0.05) is 54.6 Å². The number of ether oxygens (including phenoxy) is 1. The standard InChI is InChI=1S/C26H30N2O2/c1-19-8-3-4-10-21(19)17-27-18-22-16-23(28-15-7-14-26(22,28)25(27)29)13-12-20-9-5-6-11-24(20)30-2/h3-6,8-13,22-23H,7,14-18H2,1-2H3/b13-12+/t22-,23+,26-/m0/s1. The van der Waals surface area contributed by atoms with E-state index in [-0.39, 0.29) is 5.54 Å². The van der Waals surface area contributed by atoms with Crippen molar-refractivity contribution in [1.29, 1.82) is 0 Å². The van der Waals surface area contributed by atoms with Crippen LogP contribution in [0.25, 0.3) is 6.08 Å². The molecule has 156 valence electrons. The van der Waals surface area contributed by atoms with Crippen molar-refractivity contribution in [3.63, 3.8) is 0 Å². The molecule has 30 heavy (non-hydrogen) atoms. The zero-order valence-electron chi connectivity index (χ0n) is 17.9. The Kier molecular flexibility index (Phi) is 4.90. The summed E-state index contributed by atoms with van der Waals surface area (Å²) in [6, 6.07) is 16.9. The van der Waals surface area contributed by atoms with Crippen molar-refractivity contribution in [2.24, 2.45) is 5.92 Å². The van der Waals surface area contributed by atoms with Crippen molar-refractivity contribution in [1.82, 2.24) is 9.80 Å². The van der Waals surface area contributed by atoms with Gasteiger partial charge in [0, 0.05) is 30.6 Å². The first-order chi connectivity index (χ1) is 14.6. The van der Waals surface area contributed by atoms with E-state index in [1.54, 1.807) is 7.11 Å². The monoisotopic (exact) mass is 402 g/mol. The highest BCUT2D eigenvalue weighted by Gasteiger charge is 2.64. The minimum absolute atomic E-state index is 0.279. The molecular weight excluding hydrogens is 372 g/mol. The van der Waals surface area contributed by atoms with Crippen LogP contribution in [0.1, 0.15) is 36.0 Å². The fourth-order valence-electron chi connectivity index (χ4n) is 5.96. The molecule has 0 saturated carbocycles. The van der Waals surface area contributed by atoms with Crippen LogP contribution in [0.5, 0.6) is 5.75 Å². The predicted molar refractivity (Wildman–Crippen MR) is 119 cm³/mol. The van der Waals surface area contributed by atoms with Crippen molar-refractivity contribution in [2.75, 3.05) is 20.2 Å². The number of nitrogens with zero attached hydrogens (tertiary/aromatic N) is 2. The van der Waals surface area contributed by atoms with Crippen LogP contribution in [0, 0.1) is 12.8 Å². The largest absolute Gasteiger partial charge is 0.496 e. The smallest absolute Gasteiger partial charge is 0.243 e. The maximum Gasteiger partial charge on any atom is 0.243 e. The third-order valence-electron chi connectivity index (χ3n) is 7.43. The highest BCUT2D eigenvalue weighted by Crippen LogP contribution is 2.52. The van der Waals surface area contributed by atoms with E-state index in [0.717, 1.165) is 50.2 Å². The summed E-state index contributed by atoms with van der Waals surface area (Å²) in [5.41, 5.74) is 3.34. The number of hydrogen-bond acceptors (Lipinski definition) is 3. The Labute approximate surface area is 179 Å². The summed E-state index contributed by atoms with van der Waals surface area (Å²) in [5, 5.41) is 0. The van der Waals surface area contributed by atoms with E-state index in [2.05, 4.69) is 59.2 Å². The SMILES string of the molecule is COc1ccccc1/C=C/[C@@H]1C[C@H]2CN(Cc3ccccc3C)C(=O)[C@]23CCCN13. The lowest BCUT2D eigenvalue weighted by molar-refractivity contribution is -0.137. The van der Waals surface area contributed by atoms with E-state index in [4.69, 9.17) is 4.74 Å². The van der Waals surface area contributed by atoms with Crippen LogP contribution in [0.3, 0.4) is 0 Å². The number of para-hydroxylation sites is 1. The fourth-order valence-corrected chi connectivity index (χ4v) is 5.96. The number of methoxy groups -OCH3 is 1. The second-order valence-electron chi connectivity index (χ2n) is 8.93. The molecule has 0 N–H and O–H groups in total. The van der Waals surface area contributed by atoms with E-state index in [0.29, 0.717) is 17.9 Å². The Hall–Kier alpha value is -2.59. The van der Waals surface area contributed by atoms with Gasteiger partial charge in [-0.2, -0.15) is 0 Å². The van der Waals surface area contributed by atoms with Gasteiger partial charge in [0.15, 0.2) is 0 Å². The molecule has 0 aromatic heterocycles. The first kappa shape index (κ1) is 19.4. The zero-order chi connectivity index (χ0) is 20.7. The molecule has 3 aliphatic rings.